The van der Waals surface area contributed by atoms with Gasteiger partial charge in [-0.1, -0.05) is 12.1 Å². The fourth-order valence-corrected chi connectivity index (χ4v) is 2.81. The Morgan fingerprint density at radius 3 is 2.60 bits per heavy atom. The van der Waals surface area contributed by atoms with Gasteiger partial charge in [-0.2, -0.15) is 5.10 Å². The molecule has 1 unspecified atom stereocenters. The van der Waals surface area contributed by atoms with Crippen LogP contribution in [0.3, 0.4) is 0 Å². The molecule has 0 spiro atoms. The van der Waals surface area contributed by atoms with Crippen molar-refractivity contribution >= 4 is 11.9 Å². The number of rotatable bonds is 7. The Labute approximate surface area is 146 Å². The van der Waals surface area contributed by atoms with Crippen molar-refractivity contribution in [3.05, 3.63) is 47.3 Å². The molecule has 1 atom stereocenters. The van der Waals surface area contributed by atoms with Crippen LogP contribution >= 0.6 is 0 Å². The number of nitrogens with one attached hydrogen (secondary N) is 1. The second-order valence-corrected chi connectivity index (χ2v) is 6.27. The summed E-state index contributed by atoms with van der Waals surface area (Å²) in [5, 5.41) is 16.4. The minimum atomic E-state index is -1.06. The Kier molecular flexibility index (Phi) is 5.46. The number of hydrogen-bond donors (Lipinski definition) is 2. The van der Waals surface area contributed by atoms with E-state index in [-0.39, 0.29) is 18.9 Å². The van der Waals surface area contributed by atoms with Gasteiger partial charge in [0.05, 0.1) is 24.8 Å². The van der Waals surface area contributed by atoms with Gasteiger partial charge >= 0.3 is 5.97 Å². The van der Waals surface area contributed by atoms with E-state index in [1.54, 1.807) is 35.9 Å². The van der Waals surface area contributed by atoms with E-state index < -0.39 is 11.5 Å². The SMILES string of the molecule is COc1cccc(C(C)(CC(=O)O)NC(=O)Cn2nc(C)cc2C)c1. The maximum atomic E-state index is 12.5. The van der Waals surface area contributed by atoms with Crippen LogP contribution in [-0.4, -0.2) is 33.9 Å². The number of carbonyl (C=O) groups is 2. The molecule has 7 heteroatoms. The Morgan fingerprint density at radius 1 is 1.32 bits per heavy atom. The van der Waals surface area contributed by atoms with Gasteiger partial charge in [0, 0.05) is 5.69 Å². The molecule has 25 heavy (non-hydrogen) atoms. The molecule has 0 saturated heterocycles. The summed E-state index contributed by atoms with van der Waals surface area (Å²) in [6.07, 6.45) is -0.247. The zero-order chi connectivity index (χ0) is 18.6. The average Bonchev–Trinajstić information content (AvgIpc) is 2.83. The molecule has 1 aromatic carbocycles. The van der Waals surface area contributed by atoms with Crippen LogP contribution in [0.2, 0.25) is 0 Å². The van der Waals surface area contributed by atoms with Crippen molar-refractivity contribution in [3.8, 4) is 5.75 Å². The Balaban J connectivity index is 2.25. The van der Waals surface area contributed by atoms with Gasteiger partial charge < -0.3 is 15.2 Å². The molecule has 134 valence electrons. The van der Waals surface area contributed by atoms with Gasteiger partial charge in [-0.15, -0.1) is 0 Å². The van der Waals surface area contributed by atoms with Crippen molar-refractivity contribution in [3.63, 3.8) is 0 Å². The highest BCUT2D eigenvalue weighted by atomic mass is 16.5. The molecule has 2 N–H and O–H groups in total. The second kappa shape index (κ2) is 7.38. The highest BCUT2D eigenvalue weighted by Crippen LogP contribution is 2.28. The van der Waals surface area contributed by atoms with Crippen LogP contribution in [0, 0.1) is 13.8 Å². The van der Waals surface area contributed by atoms with Crippen molar-refractivity contribution in [2.45, 2.75) is 39.3 Å². The van der Waals surface area contributed by atoms with Gasteiger partial charge in [0.25, 0.3) is 0 Å². The summed E-state index contributed by atoms with van der Waals surface area (Å²) in [5.41, 5.74) is 1.30. The van der Waals surface area contributed by atoms with E-state index >= 15 is 0 Å². The third kappa shape index (κ3) is 4.59. The summed E-state index contributed by atoms with van der Waals surface area (Å²) in [6.45, 7) is 5.44. The predicted octanol–water partition coefficient (Wildman–Crippen LogP) is 2.01. The number of aliphatic carboxylic acids is 1. The molecule has 0 aliphatic heterocycles. The molecule has 1 amide bonds. The van der Waals surface area contributed by atoms with Crippen molar-refractivity contribution in [2.75, 3.05) is 7.11 Å². The molecule has 0 radical (unpaired) electrons. The highest BCUT2D eigenvalue weighted by Gasteiger charge is 2.32. The fourth-order valence-electron chi connectivity index (χ4n) is 2.81. The van der Waals surface area contributed by atoms with E-state index in [1.807, 2.05) is 19.9 Å². The number of carboxylic acid groups (broad SMARTS) is 1. The van der Waals surface area contributed by atoms with E-state index in [1.165, 1.54) is 7.11 Å². The summed E-state index contributed by atoms with van der Waals surface area (Å²) in [7, 11) is 1.54. The standard InChI is InChI=1S/C18H23N3O4/c1-12-8-13(2)21(20-12)11-16(22)19-18(3,10-17(23)24)14-6-5-7-15(9-14)25-4/h5-9H,10-11H2,1-4H3,(H,19,22)(H,23,24). The van der Waals surface area contributed by atoms with Crippen LogP contribution in [0.1, 0.15) is 30.3 Å². The molecular weight excluding hydrogens is 322 g/mol. The molecule has 0 aliphatic carbocycles. The molecule has 0 saturated carbocycles. The van der Waals surface area contributed by atoms with Gasteiger partial charge in [-0.3, -0.25) is 14.3 Å². The number of amides is 1. The number of carbonyl (C=O) groups excluding carboxylic acids is 1. The summed E-state index contributed by atoms with van der Waals surface area (Å²) < 4.78 is 6.79. The minimum absolute atomic E-state index is 0.0266. The number of hydrogen-bond acceptors (Lipinski definition) is 4. The normalized spacial score (nSPS) is 13.1. The minimum Gasteiger partial charge on any atom is -0.497 e. The van der Waals surface area contributed by atoms with E-state index in [0.29, 0.717) is 11.3 Å². The maximum absolute atomic E-state index is 12.5. The first kappa shape index (κ1) is 18.5. The monoisotopic (exact) mass is 345 g/mol. The summed E-state index contributed by atoms with van der Waals surface area (Å²) in [5.74, 6) is -0.712. The summed E-state index contributed by atoms with van der Waals surface area (Å²) in [4.78, 5) is 23.8. The smallest absolute Gasteiger partial charge is 0.306 e. The molecular formula is C18H23N3O4. The van der Waals surface area contributed by atoms with Crippen molar-refractivity contribution < 1.29 is 19.4 Å². The third-order valence-corrected chi connectivity index (χ3v) is 4.02. The maximum Gasteiger partial charge on any atom is 0.306 e. The predicted molar refractivity (Wildman–Crippen MR) is 92.4 cm³/mol. The van der Waals surface area contributed by atoms with Gasteiger partial charge in [0.15, 0.2) is 0 Å². The Bertz CT molecular complexity index is 784. The molecule has 1 heterocycles. The van der Waals surface area contributed by atoms with Crippen molar-refractivity contribution in [1.82, 2.24) is 15.1 Å². The first-order chi connectivity index (χ1) is 11.7. The number of ether oxygens (including phenoxy) is 1. The number of methoxy groups -OCH3 is 1. The largest absolute Gasteiger partial charge is 0.497 e. The second-order valence-electron chi connectivity index (χ2n) is 6.27. The van der Waals surface area contributed by atoms with Gasteiger partial charge in [0.1, 0.15) is 12.3 Å². The molecule has 0 aliphatic rings. The lowest BCUT2D eigenvalue weighted by atomic mass is 9.88. The van der Waals surface area contributed by atoms with E-state index in [9.17, 15) is 14.7 Å². The highest BCUT2D eigenvalue weighted by molar-refractivity contribution is 5.78. The average molecular weight is 345 g/mol. The lowest BCUT2D eigenvalue weighted by Gasteiger charge is -2.30. The van der Waals surface area contributed by atoms with Gasteiger partial charge in [-0.05, 0) is 44.5 Å². The quantitative estimate of drug-likeness (QED) is 0.801. The first-order valence-corrected chi connectivity index (χ1v) is 7.92. The zero-order valence-corrected chi connectivity index (χ0v) is 14.9. The number of aryl methyl sites for hydroxylation is 2. The number of nitrogens with zero attached hydrogens (tertiary/aromatic N) is 2. The van der Waals surface area contributed by atoms with Crippen LogP contribution in [0.5, 0.6) is 5.75 Å². The van der Waals surface area contributed by atoms with Crippen molar-refractivity contribution in [2.24, 2.45) is 0 Å². The lowest BCUT2D eigenvalue weighted by molar-refractivity contribution is -0.139. The third-order valence-electron chi connectivity index (χ3n) is 4.02. The first-order valence-electron chi connectivity index (χ1n) is 7.92. The van der Waals surface area contributed by atoms with E-state index in [2.05, 4.69) is 10.4 Å². The van der Waals surface area contributed by atoms with Crippen molar-refractivity contribution in [1.29, 1.82) is 0 Å². The molecule has 0 fully saturated rings. The number of aromatic nitrogens is 2. The van der Waals surface area contributed by atoms with Crippen LogP contribution < -0.4 is 10.1 Å². The number of carboxylic acids is 1. The molecule has 1 aromatic heterocycles. The van der Waals surface area contributed by atoms with Crippen LogP contribution in [0.4, 0.5) is 0 Å². The lowest BCUT2D eigenvalue weighted by Crippen LogP contribution is -2.46. The summed E-state index contributed by atoms with van der Waals surface area (Å²) >= 11 is 0. The molecule has 7 nitrogen and oxygen atoms in total. The van der Waals surface area contributed by atoms with Crippen LogP contribution in [-0.2, 0) is 21.7 Å². The van der Waals surface area contributed by atoms with E-state index in [0.717, 1.165) is 11.4 Å². The molecule has 2 aromatic rings. The molecule has 0 bridgehead atoms. The summed E-state index contributed by atoms with van der Waals surface area (Å²) in [6, 6.07) is 8.91. The Hall–Kier alpha value is -2.83. The Morgan fingerprint density at radius 2 is 2.04 bits per heavy atom. The van der Waals surface area contributed by atoms with Crippen LogP contribution in [0.25, 0.3) is 0 Å². The topological polar surface area (TPSA) is 93.5 Å². The van der Waals surface area contributed by atoms with Crippen LogP contribution in [0.15, 0.2) is 30.3 Å². The number of benzene rings is 1. The zero-order valence-electron chi connectivity index (χ0n) is 14.9. The van der Waals surface area contributed by atoms with Gasteiger partial charge in [0.2, 0.25) is 5.91 Å². The fraction of sp³-hybridized carbons (Fsp3) is 0.389. The molecule has 2 rings (SSSR count). The van der Waals surface area contributed by atoms with Gasteiger partial charge in [-0.25, -0.2) is 0 Å². The van der Waals surface area contributed by atoms with E-state index in [4.69, 9.17) is 4.74 Å².